The number of nitriles is 1. The molecule has 0 saturated heterocycles. The number of benzene rings is 1. The van der Waals surface area contributed by atoms with Crippen LogP contribution in [0.1, 0.15) is 17.0 Å². The predicted octanol–water partition coefficient (Wildman–Crippen LogP) is 1.55. The van der Waals surface area contributed by atoms with E-state index in [4.69, 9.17) is 14.5 Å². The summed E-state index contributed by atoms with van der Waals surface area (Å²) in [6.45, 7) is 1.98. The van der Waals surface area contributed by atoms with Gasteiger partial charge in [0.15, 0.2) is 12.4 Å². The number of aryl methyl sites for hydroxylation is 1. The largest absolute Gasteiger partial charge is 0.484 e. The maximum absolute atomic E-state index is 11.6. The summed E-state index contributed by atoms with van der Waals surface area (Å²) in [6.07, 6.45) is 0. The second-order valence-corrected chi connectivity index (χ2v) is 4.14. The predicted molar refractivity (Wildman–Crippen MR) is 69.7 cm³/mol. The standard InChI is InChI=1S/C14H13N3O3/c1-10-6-13(20-17-10)8-16-14(18)9-19-12-4-2-11(7-15)3-5-12/h2-6H,8-9H2,1H3,(H,16,18). The number of amides is 1. The van der Waals surface area contributed by atoms with E-state index in [1.807, 2.05) is 13.0 Å². The van der Waals surface area contributed by atoms with Gasteiger partial charge in [-0.2, -0.15) is 5.26 Å². The van der Waals surface area contributed by atoms with Crippen molar-refractivity contribution in [1.82, 2.24) is 10.5 Å². The van der Waals surface area contributed by atoms with Crippen LogP contribution >= 0.6 is 0 Å². The van der Waals surface area contributed by atoms with Gasteiger partial charge in [-0.1, -0.05) is 5.16 Å². The van der Waals surface area contributed by atoms with Gasteiger partial charge in [-0.05, 0) is 31.2 Å². The van der Waals surface area contributed by atoms with Gasteiger partial charge in [0.25, 0.3) is 5.91 Å². The Labute approximate surface area is 115 Å². The van der Waals surface area contributed by atoms with E-state index >= 15 is 0 Å². The van der Waals surface area contributed by atoms with Crippen molar-refractivity contribution < 1.29 is 14.1 Å². The van der Waals surface area contributed by atoms with Crippen LogP contribution in [0, 0.1) is 18.3 Å². The third kappa shape index (κ3) is 3.85. The average Bonchev–Trinajstić information content (AvgIpc) is 2.89. The van der Waals surface area contributed by atoms with Crippen molar-refractivity contribution in [3.63, 3.8) is 0 Å². The topological polar surface area (TPSA) is 88.1 Å². The van der Waals surface area contributed by atoms with E-state index < -0.39 is 0 Å². The summed E-state index contributed by atoms with van der Waals surface area (Å²) in [4.78, 5) is 11.6. The van der Waals surface area contributed by atoms with Crippen LogP contribution in [0.15, 0.2) is 34.9 Å². The number of rotatable bonds is 5. The minimum absolute atomic E-state index is 0.0982. The summed E-state index contributed by atoms with van der Waals surface area (Å²) >= 11 is 0. The monoisotopic (exact) mass is 271 g/mol. The number of carbonyl (C=O) groups excluding carboxylic acids is 1. The smallest absolute Gasteiger partial charge is 0.258 e. The van der Waals surface area contributed by atoms with Crippen LogP contribution in [-0.2, 0) is 11.3 Å². The number of nitrogens with zero attached hydrogens (tertiary/aromatic N) is 2. The molecule has 1 amide bonds. The van der Waals surface area contributed by atoms with E-state index in [0.717, 1.165) is 5.69 Å². The van der Waals surface area contributed by atoms with Gasteiger partial charge in [-0.25, -0.2) is 0 Å². The highest BCUT2D eigenvalue weighted by molar-refractivity contribution is 5.77. The molecule has 6 heteroatoms. The number of nitrogens with one attached hydrogen (secondary N) is 1. The van der Waals surface area contributed by atoms with Crippen LogP contribution in [0.4, 0.5) is 0 Å². The minimum Gasteiger partial charge on any atom is -0.484 e. The quantitative estimate of drug-likeness (QED) is 0.891. The average molecular weight is 271 g/mol. The molecule has 20 heavy (non-hydrogen) atoms. The van der Waals surface area contributed by atoms with E-state index in [2.05, 4.69) is 10.5 Å². The van der Waals surface area contributed by atoms with E-state index in [-0.39, 0.29) is 19.1 Å². The molecule has 0 unspecified atom stereocenters. The molecule has 1 aromatic heterocycles. The molecule has 1 heterocycles. The molecule has 0 atom stereocenters. The molecular weight excluding hydrogens is 258 g/mol. The van der Waals surface area contributed by atoms with Gasteiger partial charge in [0.05, 0.1) is 23.9 Å². The molecule has 0 bridgehead atoms. The van der Waals surface area contributed by atoms with Crippen molar-refractivity contribution in [3.05, 3.63) is 47.3 Å². The Bertz CT molecular complexity index is 626. The zero-order valence-corrected chi connectivity index (χ0v) is 10.9. The first kappa shape index (κ1) is 13.6. The summed E-state index contributed by atoms with van der Waals surface area (Å²) in [6, 6.07) is 10.3. The zero-order valence-electron chi connectivity index (χ0n) is 10.9. The summed E-state index contributed by atoms with van der Waals surface area (Å²) in [7, 11) is 0. The third-order valence-electron chi connectivity index (χ3n) is 2.49. The Kier molecular flexibility index (Phi) is 4.35. The SMILES string of the molecule is Cc1cc(CNC(=O)COc2ccc(C#N)cc2)on1. The van der Waals surface area contributed by atoms with Crippen LogP contribution in [-0.4, -0.2) is 17.7 Å². The summed E-state index contributed by atoms with van der Waals surface area (Å²) in [5, 5.41) is 15.0. The van der Waals surface area contributed by atoms with Crippen molar-refractivity contribution in [2.75, 3.05) is 6.61 Å². The number of hydrogen-bond donors (Lipinski definition) is 1. The summed E-state index contributed by atoms with van der Waals surface area (Å²) < 4.78 is 10.3. The van der Waals surface area contributed by atoms with Gasteiger partial charge in [0, 0.05) is 6.07 Å². The van der Waals surface area contributed by atoms with E-state index in [9.17, 15) is 4.79 Å². The number of aromatic nitrogens is 1. The molecule has 0 radical (unpaired) electrons. The van der Waals surface area contributed by atoms with Crippen LogP contribution in [0.3, 0.4) is 0 Å². The summed E-state index contributed by atoms with van der Waals surface area (Å²) in [5.74, 6) is 0.868. The molecule has 2 rings (SSSR count). The molecule has 0 aliphatic heterocycles. The van der Waals surface area contributed by atoms with Crippen LogP contribution in [0.5, 0.6) is 5.75 Å². The van der Waals surface area contributed by atoms with Crippen molar-refractivity contribution in [2.45, 2.75) is 13.5 Å². The van der Waals surface area contributed by atoms with Gasteiger partial charge >= 0.3 is 0 Å². The molecule has 0 aliphatic carbocycles. The lowest BCUT2D eigenvalue weighted by atomic mass is 10.2. The van der Waals surface area contributed by atoms with Gasteiger partial charge in [0.2, 0.25) is 0 Å². The lowest BCUT2D eigenvalue weighted by Gasteiger charge is -2.06. The molecule has 1 aromatic carbocycles. The third-order valence-corrected chi connectivity index (χ3v) is 2.49. The van der Waals surface area contributed by atoms with Crippen LogP contribution in [0.25, 0.3) is 0 Å². The zero-order chi connectivity index (χ0) is 14.4. The van der Waals surface area contributed by atoms with Gasteiger partial charge in [0.1, 0.15) is 5.75 Å². The Morgan fingerprint density at radius 2 is 2.20 bits per heavy atom. The van der Waals surface area contributed by atoms with Crippen molar-refractivity contribution in [2.24, 2.45) is 0 Å². The normalized spacial score (nSPS) is 9.80. The first-order valence-corrected chi connectivity index (χ1v) is 5.99. The second kappa shape index (κ2) is 6.38. The fourth-order valence-electron chi connectivity index (χ4n) is 1.51. The fourth-order valence-corrected chi connectivity index (χ4v) is 1.51. The maximum Gasteiger partial charge on any atom is 0.258 e. The fraction of sp³-hybridized carbons (Fsp3) is 0.214. The highest BCUT2D eigenvalue weighted by Crippen LogP contribution is 2.11. The van der Waals surface area contributed by atoms with Crippen LogP contribution < -0.4 is 10.1 Å². The number of hydrogen-bond acceptors (Lipinski definition) is 5. The Morgan fingerprint density at radius 3 is 2.80 bits per heavy atom. The first-order valence-electron chi connectivity index (χ1n) is 5.99. The highest BCUT2D eigenvalue weighted by Gasteiger charge is 2.05. The molecule has 0 spiro atoms. The molecule has 2 aromatic rings. The molecule has 1 N–H and O–H groups in total. The summed E-state index contributed by atoms with van der Waals surface area (Å²) in [5.41, 5.74) is 1.31. The lowest BCUT2D eigenvalue weighted by molar-refractivity contribution is -0.123. The van der Waals surface area contributed by atoms with E-state index in [1.54, 1.807) is 30.3 Å². The Morgan fingerprint density at radius 1 is 1.45 bits per heavy atom. The molecule has 0 aliphatic rings. The molecule has 6 nitrogen and oxygen atoms in total. The Balaban J connectivity index is 1.75. The van der Waals surface area contributed by atoms with Crippen LogP contribution in [0.2, 0.25) is 0 Å². The molecule has 0 saturated carbocycles. The van der Waals surface area contributed by atoms with E-state index in [1.165, 1.54) is 0 Å². The highest BCUT2D eigenvalue weighted by atomic mass is 16.5. The molecule has 0 fully saturated rings. The second-order valence-electron chi connectivity index (χ2n) is 4.14. The van der Waals surface area contributed by atoms with Gasteiger partial charge in [-0.3, -0.25) is 4.79 Å². The Hall–Kier alpha value is -2.81. The number of carbonyl (C=O) groups is 1. The molecule has 102 valence electrons. The van der Waals surface area contributed by atoms with E-state index in [0.29, 0.717) is 17.1 Å². The molecular formula is C14H13N3O3. The lowest BCUT2D eigenvalue weighted by Crippen LogP contribution is -2.28. The maximum atomic E-state index is 11.6. The van der Waals surface area contributed by atoms with Gasteiger partial charge < -0.3 is 14.6 Å². The van der Waals surface area contributed by atoms with Crippen molar-refractivity contribution in [1.29, 1.82) is 5.26 Å². The minimum atomic E-state index is -0.261. The van der Waals surface area contributed by atoms with Crippen molar-refractivity contribution in [3.8, 4) is 11.8 Å². The van der Waals surface area contributed by atoms with Gasteiger partial charge in [-0.15, -0.1) is 0 Å². The number of ether oxygens (including phenoxy) is 1. The van der Waals surface area contributed by atoms with Crippen molar-refractivity contribution >= 4 is 5.91 Å². The first-order chi connectivity index (χ1) is 9.67.